The van der Waals surface area contributed by atoms with Crippen molar-refractivity contribution < 1.29 is 13.9 Å². The van der Waals surface area contributed by atoms with Crippen LogP contribution in [0.5, 0.6) is 0 Å². The summed E-state index contributed by atoms with van der Waals surface area (Å²) >= 11 is 0. The van der Waals surface area contributed by atoms with E-state index in [0.29, 0.717) is 26.4 Å². The van der Waals surface area contributed by atoms with Gasteiger partial charge in [-0.25, -0.2) is 0 Å². The van der Waals surface area contributed by atoms with E-state index in [1.54, 1.807) is 0 Å². The zero-order chi connectivity index (χ0) is 15.8. The Morgan fingerprint density at radius 3 is 1.62 bits per heavy atom. The SMILES string of the molecule is CCCCCCCCCCOCCOCCO[Si](C)(C)C. The van der Waals surface area contributed by atoms with Crippen molar-refractivity contribution in [1.82, 2.24) is 0 Å². The quantitative estimate of drug-likeness (QED) is 0.296. The molecule has 0 aliphatic rings. The number of hydrogen-bond donors (Lipinski definition) is 0. The molecule has 0 aliphatic heterocycles. The van der Waals surface area contributed by atoms with E-state index in [-0.39, 0.29) is 0 Å². The smallest absolute Gasteiger partial charge is 0.183 e. The van der Waals surface area contributed by atoms with Crippen LogP contribution in [-0.4, -0.2) is 41.4 Å². The van der Waals surface area contributed by atoms with Gasteiger partial charge in [-0.2, -0.15) is 0 Å². The van der Waals surface area contributed by atoms with Crippen LogP contribution in [0.25, 0.3) is 0 Å². The normalized spacial score (nSPS) is 12.0. The average molecular weight is 319 g/mol. The zero-order valence-electron chi connectivity index (χ0n) is 14.9. The molecule has 0 N–H and O–H groups in total. The maximum absolute atomic E-state index is 5.71. The summed E-state index contributed by atoms with van der Waals surface area (Å²) in [6, 6.07) is 0. The van der Waals surface area contributed by atoms with Gasteiger partial charge in [-0.1, -0.05) is 51.9 Å². The standard InChI is InChI=1S/C17H38O3Si/c1-5-6-7-8-9-10-11-12-13-18-14-15-19-16-17-20-21(2,3)4/h5-17H2,1-4H3. The first kappa shape index (κ1) is 21.1. The van der Waals surface area contributed by atoms with Gasteiger partial charge < -0.3 is 13.9 Å². The number of ether oxygens (including phenoxy) is 2. The molecule has 0 aliphatic carbocycles. The fraction of sp³-hybridized carbons (Fsp3) is 1.00. The maximum atomic E-state index is 5.71. The van der Waals surface area contributed by atoms with Gasteiger partial charge in [0.25, 0.3) is 0 Å². The van der Waals surface area contributed by atoms with Crippen LogP contribution in [0.1, 0.15) is 58.3 Å². The molecule has 0 bridgehead atoms. The van der Waals surface area contributed by atoms with Gasteiger partial charge in [-0.05, 0) is 26.1 Å². The molecule has 3 nitrogen and oxygen atoms in total. The van der Waals surface area contributed by atoms with Crippen LogP contribution in [0.3, 0.4) is 0 Å². The van der Waals surface area contributed by atoms with Gasteiger partial charge in [0, 0.05) is 6.61 Å². The van der Waals surface area contributed by atoms with E-state index in [2.05, 4.69) is 26.6 Å². The minimum atomic E-state index is -1.37. The third-order valence-electron chi connectivity index (χ3n) is 3.28. The fourth-order valence-corrected chi connectivity index (χ4v) is 2.76. The molecule has 0 aromatic rings. The molecule has 0 unspecified atom stereocenters. The van der Waals surface area contributed by atoms with Crippen LogP contribution < -0.4 is 0 Å². The van der Waals surface area contributed by atoms with E-state index >= 15 is 0 Å². The third-order valence-corrected chi connectivity index (χ3v) is 4.35. The Balaban J connectivity index is 3.00. The Bertz CT molecular complexity index is 205. The molecule has 0 atom stereocenters. The van der Waals surface area contributed by atoms with Gasteiger partial charge in [0.15, 0.2) is 8.32 Å². The highest BCUT2D eigenvalue weighted by Crippen LogP contribution is 2.08. The minimum absolute atomic E-state index is 0.686. The first-order chi connectivity index (χ1) is 10.1. The molecule has 4 heteroatoms. The van der Waals surface area contributed by atoms with Crippen molar-refractivity contribution in [2.75, 3.05) is 33.0 Å². The highest BCUT2D eigenvalue weighted by Gasteiger charge is 2.12. The predicted molar refractivity (Wildman–Crippen MR) is 93.5 cm³/mol. The largest absolute Gasteiger partial charge is 0.415 e. The highest BCUT2D eigenvalue weighted by molar-refractivity contribution is 6.69. The van der Waals surface area contributed by atoms with Crippen molar-refractivity contribution in [3.8, 4) is 0 Å². The molecule has 0 rings (SSSR count). The Hall–Kier alpha value is 0.0969. The molecule has 0 amide bonds. The van der Waals surface area contributed by atoms with Gasteiger partial charge in [-0.3, -0.25) is 0 Å². The minimum Gasteiger partial charge on any atom is -0.415 e. The summed E-state index contributed by atoms with van der Waals surface area (Å²) in [5, 5.41) is 0. The van der Waals surface area contributed by atoms with Crippen LogP contribution >= 0.6 is 0 Å². The Morgan fingerprint density at radius 1 is 0.571 bits per heavy atom. The number of unbranched alkanes of at least 4 members (excludes halogenated alkanes) is 7. The summed E-state index contributed by atoms with van der Waals surface area (Å²) in [7, 11) is -1.37. The lowest BCUT2D eigenvalue weighted by Gasteiger charge is -2.16. The molecule has 0 aromatic carbocycles. The molecule has 0 fully saturated rings. The molecule has 21 heavy (non-hydrogen) atoms. The third kappa shape index (κ3) is 20.1. The number of hydrogen-bond acceptors (Lipinski definition) is 3. The zero-order valence-corrected chi connectivity index (χ0v) is 15.9. The molecule has 0 aromatic heterocycles. The average Bonchev–Trinajstić information content (AvgIpc) is 2.42. The van der Waals surface area contributed by atoms with Gasteiger partial charge in [0.05, 0.1) is 26.4 Å². The highest BCUT2D eigenvalue weighted by atomic mass is 28.4. The van der Waals surface area contributed by atoms with Gasteiger partial charge in [0.1, 0.15) is 0 Å². The van der Waals surface area contributed by atoms with Crippen LogP contribution in [0, 0.1) is 0 Å². The second-order valence-corrected chi connectivity index (χ2v) is 11.2. The van der Waals surface area contributed by atoms with Crippen LogP contribution in [-0.2, 0) is 13.9 Å². The second kappa shape index (κ2) is 15.0. The van der Waals surface area contributed by atoms with E-state index in [4.69, 9.17) is 13.9 Å². The van der Waals surface area contributed by atoms with Crippen molar-refractivity contribution >= 4 is 8.32 Å². The van der Waals surface area contributed by atoms with E-state index in [1.165, 1.54) is 51.4 Å². The van der Waals surface area contributed by atoms with E-state index in [9.17, 15) is 0 Å². The first-order valence-electron chi connectivity index (χ1n) is 8.85. The summed E-state index contributed by atoms with van der Waals surface area (Å²) in [6.45, 7) is 12.5. The first-order valence-corrected chi connectivity index (χ1v) is 12.3. The maximum Gasteiger partial charge on any atom is 0.183 e. The van der Waals surface area contributed by atoms with Gasteiger partial charge in [-0.15, -0.1) is 0 Å². The lowest BCUT2D eigenvalue weighted by atomic mass is 10.1. The summed E-state index contributed by atoms with van der Waals surface area (Å²) in [5.74, 6) is 0. The van der Waals surface area contributed by atoms with Gasteiger partial charge in [0.2, 0.25) is 0 Å². The van der Waals surface area contributed by atoms with E-state index in [1.807, 2.05) is 0 Å². The summed E-state index contributed by atoms with van der Waals surface area (Å²) in [4.78, 5) is 0. The molecule has 0 saturated heterocycles. The molecule has 0 spiro atoms. The van der Waals surface area contributed by atoms with Crippen molar-refractivity contribution in [3.63, 3.8) is 0 Å². The summed E-state index contributed by atoms with van der Waals surface area (Å²) in [6.07, 6.45) is 10.8. The van der Waals surface area contributed by atoms with Crippen molar-refractivity contribution in [3.05, 3.63) is 0 Å². The lowest BCUT2D eigenvalue weighted by molar-refractivity contribution is 0.0343. The topological polar surface area (TPSA) is 27.7 Å². The second-order valence-electron chi connectivity index (χ2n) is 6.66. The van der Waals surface area contributed by atoms with Crippen molar-refractivity contribution in [2.24, 2.45) is 0 Å². The molecule has 128 valence electrons. The van der Waals surface area contributed by atoms with E-state index < -0.39 is 8.32 Å². The predicted octanol–water partition coefficient (Wildman–Crippen LogP) is 5.01. The fourth-order valence-electron chi connectivity index (χ4n) is 2.07. The van der Waals surface area contributed by atoms with Crippen LogP contribution in [0.4, 0.5) is 0 Å². The lowest BCUT2D eigenvalue weighted by Crippen LogP contribution is -2.27. The van der Waals surface area contributed by atoms with Crippen molar-refractivity contribution in [2.45, 2.75) is 77.9 Å². The Morgan fingerprint density at radius 2 is 1.05 bits per heavy atom. The molecule has 0 heterocycles. The molecular formula is C17H38O3Si. The van der Waals surface area contributed by atoms with Crippen molar-refractivity contribution in [1.29, 1.82) is 0 Å². The molecular weight excluding hydrogens is 280 g/mol. The monoisotopic (exact) mass is 318 g/mol. The summed E-state index contributed by atoms with van der Waals surface area (Å²) < 4.78 is 16.8. The number of rotatable bonds is 16. The molecule has 0 radical (unpaired) electrons. The van der Waals surface area contributed by atoms with Crippen LogP contribution in [0.15, 0.2) is 0 Å². The summed E-state index contributed by atoms with van der Waals surface area (Å²) in [5.41, 5.74) is 0. The molecule has 0 saturated carbocycles. The van der Waals surface area contributed by atoms with Gasteiger partial charge >= 0.3 is 0 Å². The van der Waals surface area contributed by atoms with Crippen LogP contribution in [0.2, 0.25) is 19.6 Å². The Labute approximate surface area is 133 Å². The Kier molecular flexibility index (Phi) is 15.1. The van der Waals surface area contributed by atoms with E-state index in [0.717, 1.165) is 6.61 Å².